The van der Waals surface area contributed by atoms with E-state index in [1.807, 2.05) is 43.3 Å². The number of thioether (sulfide) groups is 1. The van der Waals surface area contributed by atoms with Gasteiger partial charge in [-0.15, -0.1) is 0 Å². The monoisotopic (exact) mass is 445 g/mol. The number of hydrogen-bond acceptors (Lipinski definition) is 5. The fourth-order valence-electron chi connectivity index (χ4n) is 3.05. The predicted molar refractivity (Wildman–Crippen MR) is 121 cm³/mol. The molecule has 1 amide bonds. The summed E-state index contributed by atoms with van der Waals surface area (Å²) in [6.07, 6.45) is 3.82. The first kappa shape index (κ1) is 20.3. The maximum Gasteiger partial charge on any atom is 0.266 e. The fraction of sp³-hybridized carbons (Fsp3) is 0.273. The molecule has 1 saturated carbocycles. The largest absolute Gasteiger partial charge is 0.490 e. The van der Waals surface area contributed by atoms with E-state index in [4.69, 9.17) is 33.3 Å². The summed E-state index contributed by atoms with van der Waals surface area (Å²) in [4.78, 5) is 15.0. The average Bonchev–Trinajstić information content (AvgIpc) is 3.50. The Kier molecular flexibility index (Phi) is 6.13. The highest BCUT2D eigenvalue weighted by Crippen LogP contribution is 2.42. The van der Waals surface area contributed by atoms with Crippen LogP contribution < -0.4 is 9.47 Å². The van der Waals surface area contributed by atoms with Crippen molar-refractivity contribution in [3.8, 4) is 11.5 Å². The van der Waals surface area contributed by atoms with Gasteiger partial charge in [-0.2, -0.15) is 0 Å². The van der Waals surface area contributed by atoms with Crippen LogP contribution in [0, 0.1) is 0 Å². The molecule has 0 atom stereocenters. The molecular weight excluding hydrogens is 426 g/mol. The molecule has 4 rings (SSSR count). The number of thiocarbonyl (C=S) groups is 1. The van der Waals surface area contributed by atoms with Gasteiger partial charge in [-0.3, -0.25) is 9.69 Å². The summed E-state index contributed by atoms with van der Waals surface area (Å²) in [7, 11) is 0. The van der Waals surface area contributed by atoms with Crippen LogP contribution in [-0.4, -0.2) is 27.8 Å². The highest BCUT2D eigenvalue weighted by molar-refractivity contribution is 8.26. The lowest BCUT2D eigenvalue weighted by molar-refractivity contribution is -0.122. The lowest BCUT2D eigenvalue weighted by atomic mass is 10.1. The molecule has 2 aliphatic rings. The second-order valence-electron chi connectivity index (χ2n) is 6.81. The minimum absolute atomic E-state index is 0.0408. The van der Waals surface area contributed by atoms with Crippen LogP contribution in [0.5, 0.6) is 11.5 Å². The van der Waals surface area contributed by atoms with E-state index in [0.717, 1.165) is 18.4 Å². The third-order valence-corrected chi connectivity index (χ3v) is 6.28. The van der Waals surface area contributed by atoms with E-state index < -0.39 is 0 Å². The van der Waals surface area contributed by atoms with Gasteiger partial charge in [-0.05, 0) is 43.0 Å². The molecule has 0 unspecified atom stereocenters. The van der Waals surface area contributed by atoms with Gasteiger partial charge < -0.3 is 9.47 Å². The SMILES string of the molecule is CCOc1cc(/C=C2\SC(=S)N(C3CC3)C2=O)c(Cl)cc1OCc1ccccc1. The van der Waals surface area contributed by atoms with Crippen LogP contribution in [0.25, 0.3) is 6.08 Å². The Morgan fingerprint density at radius 2 is 1.93 bits per heavy atom. The van der Waals surface area contributed by atoms with Gasteiger partial charge in [0.1, 0.15) is 10.9 Å². The second kappa shape index (κ2) is 8.78. The summed E-state index contributed by atoms with van der Waals surface area (Å²) in [6.45, 7) is 2.82. The molecule has 7 heteroatoms. The lowest BCUT2D eigenvalue weighted by Crippen LogP contribution is -2.30. The summed E-state index contributed by atoms with van der Waals surface area (Å²) in [5, 5.41) is 0.494. The fourth-order valence-corrected chi connectivity index (χ4v) is 4.65. The van der Waals surface area contributed by atoms with E-state index in [1.54, 1.807) is 17.0 Å². The molecule has 29 heavy (non-hydrogen) atoms. The highest BCUT2D eigenvalue weighted by atomic mass is 35.5. The zero-order valence-electron chi connectivity index (χ0n) is 15.9. The first-order valence-corrected chi connectivity index (χ1v) is 11.1. The van der Waals surface area contributed by atoms with Crippen LogP contribution >= 0.6 is 35.6 Å². The Morgan fingerprint density at radius 3 is 2.62 bits per heavy atom. The van der Waals surface area contributed by atoms with Crippen molar-refractivity contribution in [1.82, 2.24) is 4.90 Å². The zero-order chi connectivity index (χ0) is 20.4. The van der Waals surface area contributed by atoms with E-state index in [9.17, 15) is 4.79 Å². The van der Waals surface area contributed by atoms with Crippen LogP contribution in [0.1, 0.15) is 30.9 Å². The predicted octanol–water partition coefficient (Wildman–Crippen LogP) is 5.68. The molecule has 1 aliphatic heterocycles. The van der Waals surface area contributed by atoms with E-state index in [-0.39, 0.29) is 11.9 Å². The zero-order valence-corrected chi connectivity index (χ0v) is 18.3. The van der Waals surface area contributed by atoms with Crippen LogP contribution in [0.15, 0.2) is 47.4 Å². The molecule has 1 saturated heterocycles. The smallest absolute Gasteiger partial charge is 0.266 e. The van der Waals surface area contributed by atoms with E-state index >= 15 is 0 Å². The Morgan fingerprint density at radius 1 is 1.21 bits per heavy atom. The van der Waals surface area contributed by atoms with Gasteiger partial charge in [0.05, 0.1) is 16.5 Å². The van der Waals surface area contributed by atoms with Gasteiger partial charge in [-0.1, -0.05) is 65.9 Å². The van der Waals surface area contributed by atoms with E-state index in [0.29, 0.717) is 44.5 Å². The molecule has 150 valence electrons. The molecule has 1 heterocycles. The normalized spacial score (nSPS) is 17.9. The number of rotatable bonds is 7. The van der Waals surface area contributed by atoms with Gasteiger partial charge in [0.15, 0.2) is 11.5 Å². The minimum atomic E-state index is -0.0408. The number of amides is 1. The molecule has 0 aromatic heterocycles. The Hall–Kier alpha value is -2.02. The van der Waals surface area contributed by atoms with E-state index in [2.05, 4.69) is 0 Å². The number of carbonyl (C=O) groups is 1. The lowest BCUT2D eigenvalue weighted by Gasteiger charge is -2.14. The first-order valence-electron chi connectivity index (χ1n) is 9.47. The molecular formula is C22H20ClNO3S2. The molecule has 0 spiro atoms. The summed E-state index contributed by atoms with van der Waals surface area (Å²) in [5.74, 6) is 1.13. The number of halogens is 1. The van der Waals surface area contributed by atoms with Crippen molar-refractivity contribution in [2.45, 2.75) is 32.4 Å². The molecule has 2 aromatic rings. The number of hydrogen-bond donors (Lipinski definition) is 0. The quantitative estimate of drug-likeness (QED) is 0.405. The summed E-state index contributed by atoms with van der Waals surface area (Å²) in [6, 6.07) is 13.7. The Balaban J connectivity index is 1.58. The van der Waals surface area contributed by atoms with Gasteiger partial charge in [0.2, 0.25) is 0 Å². The van der Waals surface area contributed by atoms with Crippen LogP contribution in [0.4, 0.5) is 0 Å². The third-order valence-electron chi connectivity index (χ3n) is 4.62. The number of benzene rings is 2. The van der Waals surface area contributed by atoms with Gasteiger partial charge in [0.25, 0.3) is 5.91 Å². The van der Waals surface area contributed by atoms with Gasteiger partial charge >= 0.3 is 0 Å². The summed E-state index contributed by atoms with van der Waals surface area (Å²) >= 11 is 13.2. The Bertz CT molecular complexity index is 974. The van der Waals surface area contributed by atoms with Crippen LogP contribution in [0.3, 0.4) is 0 Å². The van der Waals surface area contributed by atoms with Crippen LogP contribution in [-0.2, 0) is 11.4 Å². The van der Waals surface area contributed by atoms with Crippen molar-refractivity contribution in [1.29, 1.82) is 0 Å². The molecule has 0 bridgehead atoms. The van der Waals surface area contributed by atoms with Crippen molar-refractivity contribution in [2.24, 2.45) is 0 Å². The van der Waals surface area contributed by atoms with Crippen molar-refractivity contribution in [3.05, 3.63) is 63.5 Å². The van der Waals surface area contributed by atoms with Crippen LogP contribution in [0.2, 0.25) is 5.02 Å². The number of carbonyl (C=O) groups excluding carboxylic acids is 1. The first-order chi connectivity index (χ1) is 14.1. The molecule has 2 aromatic carbocycles. The van der Waals surface area contributed by atoms with Crippen molar-refractivity contribution >= 4 is 51.9 Å². The molecule has 0 N–H and O–H groups in total. The number of nitrogens with zero attached hydrogens (tertiary/aromatic N) is 1. The molecule has 4 nitrogen and oxygen atoms in total. The van der Waals surface area contributed by atoms with Crippen molar-refractivity contribution < 1.29 is 14.3 Å². The maximum absolute atomic E-state index is 12.7. The van der Waals surface area contributed by atoms with Gasteiger partial charge in [0, 0.05) is 12.1 Å². The van der Waals surface area contributed by atoms with Crippen molar-refractivity contribution in [3.63, 3.8) is 0 Å². The summed E-state index contributed by atoms with van der Waals surface area (Å²) in [5.41, 5.74) is 1.76. The highest BCUT2D eigenvalue weighted by Gasteiger charge is 2.42. The number of ether oxygens (including phenoxy) is 2. The Labute approximate surface area is 184 Å². The summed E-state index contributed by atoms with van der Waals surface area (Å²) < 4.78 is 12.3. The third kappa shape index (κ3) is 4.60. The topological polar surface area (TPSA) is 38.8 Å². The van der Waals surface area contributed by atoms with Crippen molar-refractivity contribution in [2.75, 3.05) is 6.61 Å². The average molecular weight is 446 g/mol. The second-order valence-corrected chi connectivity index (χ2v) is 8.89. The minimum Gasteiger partial charge on any atom is -0.490 e. The maximum atomic E-state index is 12.7. The molecule has 1 aliphatic carbocycles. The van der Waals surface area contributed by atoms with E-state index in [1.165, 1.54) is 11.8 Å². The molecule has 2 fully saturated rings. The standard InChI is InChI=1S/C22H20ClNO3S2/c1-2-26-18-10-15(11-20-21(25)24(16-8-9-16)22(28)29-20)17(23)12-19(18)27-13-14-6-4-3-5-7-14/h3-7,10-12,16H,2,8-9,13H2,1H3/b20-11-. The van der Waals surface area contributed by atoms with Gasteiger partial charge in [-0.25, -0.2) is 0 Å². The molecule has 0 radical (unpaired) electrons.